The number of hydrogen-bond donors (Lipinski definition) is 6. The van der Waals surface area contributed by atoms with Gasteiger partial charge in [0.1, 0.15) is 24.4 Å². The minimum atomic E-state index is -1.57. The first-order valence-electron chi connectivity index (χ1n) is 18.7. The molecule has 0 spiro atoms. The van der Waals surface area contributed by atoms with E-state index in [1.54, 1.807) is 6.08 Å². The Bertz CT molecular complexity index is 833. The van der Waals surface area contributed by atoms with Crippen molar-refractivity contribution >= 4 is 5.91 Å². The second kappa shape index (κ2) is 29.3. The molecule has 0 bridgehead atoms. The quantitative estimate of drug-likeness (QED) is 0.0411. The maximum atomic E-state index is 12.8. The van der Waals surface area contributed by atoms with Crippen molar-refractivity contribution in [2.24, 2.45) is 0 Å². The molecule has 7 unspecified atom stereocenters. The average molecular weight is 668 g/mol. The summed E-state index contributed by atoms with van der Waals surface area (Å²) < 4.78 is 11.1. The van der Waals surface area contributed by atoms with E-state index >= 15 is 0 Å². The van der Waals surface area contributed by atoms with Crippen LogP contribution in [-0.4, -0.2) is 87.5 Å². The number of hydrogen-bond acceptors (Lipinski definition) is 8. The van der Waals surface area contributed by atoms with Crippen LogP contribution in [0.4, 0.5) is 0 Å². The van der Waals surface area contributed by atoms with Crippen LogP contribution in [0.3, 0.4) is 0 Å². The number of carbonyl (C=O) groups is 1. The van der Waals surface area contributed by atoms with E-state index in [1.807, 2.05) is 6.08 Å². The smallest absolute Gasteiger partial charge is 0.220 e. The molecule has 0 radical (unpaired) electrons. The molecule has 7 atom stereocenters. The number of ether oxygens (including phenoxy) is 2. The van der Waals surface area contributed by atoms with E-state index in [-0.39, 0.29) is 12.5 Å². The summed E-state index contributed by atoms with van der Waals surface area (Å²) in [5.74, 6) is -0.205. The van der Waals surface area contributed by atoms with Crippen molar-refractivity contribution in [3.63, 3.8) is 0 Å². The first-order valence-corrected chi connectivity index (χ1v) is 18.7. The predicted octanol–water partition coefficient (Wildman–Crippen LogP) is 6.16. The highest BCUT2D eigenvalue weighted by Crippen LogP contribution is 2.22. The van der Waals surface area contributed by atoms with E-state index in [4.69, 9.17) is 9.47 Å². The Morgan fingerprint density at radius 2 is 1.23 bits per heavy atom. The molecule has 9 nitrogen and oxygen atoms in total. The van der Waals surface area contributed by atoms with Crippen molar-refractivity contribution in [2.45, 2.75) is 185 Å². The highest BCUT2D eigenvalue weighted by molar-refractivity contribution is 5.76. The molecular formula is C38H69NO8. The van der Waals surface area contributed by atoms with Crippen LogP contribution in [0.25, 0.3) is 0 Å². The topological polar surface area (TPSA) is 149 Å². The van der Waals surface area contributed by atoms with Gasteiger partial charge in [-0.1, -0.05) is 121 Å². The second-order valence-electron chi connectivity index (χ2n) is 13.0. The SMILES string of the molecule is CCCC/C=C\CCCCCCC(=O)NC(COC1OC(CO)C(O)C(O)C1O)C(O)/C=C/CC/C=C/CCCCCCCCCC. The highest BCUT2D eigenvalue weighted by atomic mass is 16.7. The molecule has 1 amide bonds. The molecule has 0 aliphatic carbocycles. The third-order valence-corrected chi connectivity index (χ3v) is 8.69. The number of allylic oxidation sites excluding steroid dienone is 5. The van der Waals surface area contributed by atoms with Gasteiger partial charge in [0, 0.05) is 6.42 Å². The fraction of sp³-hybridized carbons (Fsp3) is 0.816. The second-order valence-corrected chi connectivity index (χ2v) is 13.0. The van der Waals surface area contributed by atoms with E-state index in [0.717, 1.165) is 57.8 Å². The summed E-state index contributed by atoms with van der Waals surface area (Å²) >= 11 is 0. The number of carbonyl (C=O) groups excluding carboxylic acids is 1. The molecule has 9 heteroatoms. The van der Waals surface area contributed by atoms with E-state index in [9.17, 15) is 30.3 Å². The maximum absolute atomic E-state index is 12.8. The maximum Gasteiger partial charge on any atom is 0.220 e. The molecule has 0 aromatic rings. The van der Waals surface area contributed by atoms with Crippen molar-refractivity contribution in [2.75, 3.05) is 13.2 Å². The lowest BCUT2D eigenvalue weighted by atomic mass is 9.99. The Balaban J connectivity index is 2.52. The Morgan fingerprint density at radius 3 is 1.85 bits per heavy atom. The van der Waals surface area contributed by atoms with Gasteiger partial charge in [-0.05, 0) is 51.4 Å². The van der Waals surface area contributed by atoms with E-state index in [0.29, 0.717) is 6.42 Å². The lowest BCUT2D eigenvalue weighted by Gasteiger charge is -2.40. The van der Waals surface area contributed by atoms with Crippen molar-refractivity contribution in [3.05, 3.63) is 36.5 Å². The number of rotatable bonds is 29. The van der Waals surface area contributed by atoms with Crippen LogP contribution in [-0.2, 0) is 14.3 Å². The van der Waals surface area contributed by atoms with Crippen molar-refractivity contribution in [3.8, 4) is 0 Å². The fourth-order valence-corrected chi connectivity index (χ4v) is 5.56. The summed E-state index contributed by atoms with van der Waals surface area (Å²) in [6.07, 6.45) is 26.2. The zero-order valence-electron chi connectivity index (χ0n) is 29.5. The van der Waals surface area contributed by atoms with E-state index in [1.165, 1.54) is 64.2 Å². The number of unbranched alkanes of at least 4 members (excludes halogenated alkanes) is 15. The van der Waals surface area contributed by atoms with Crippen LogP contribution in [0.15, 0.2) is 36.5 Å². The minimum Gasteiger partial charge on any atom is -0.394 e. The minimum absolute atomic E-state index is 0.205. The Kier molecular flexibility index (Phi) is 27.1. The van der Waals surface area contributed by atoms with Gasteiger partial charge < -0.3 is 40.3 Å². The lowest BCUT2D eigenvalue weighted by Crippen LogP contribution is -2.60. The standard InChI is InChI=1S/C38H69NO8/c1-3-5-7-9-11-13-15-16-17-18-19-21-23-25-27-32(41)31(30-46-38-37(45)36(44)35(43)33(29-40)47-38)39-34(42)28-26-24-22-20-14-12-10-8-6-4-2/h10,12,18-19,25,27,31-33,35-38,40-41,43-45H,3-9,11,13-17,20-24,26,28-30H2,1-2H3,(H,39,42)/b12-10-,19-18+,27-25+. The molecule has 0 saturated carbocycles. The summed E-state index contributed by atoms with van der Waals surface area (Å²) in [6, 6.07) is -0.822. The Morgan fingerprint density at radius 1 is 0.702 bits per heavy atom. The predicted molar refractivity (Wildman–Crippen MR) is 189 cm³/mol. The third-order valence-electron chi connectivity index (χ3n) is 8.69. The molecule has 0 aromatic heterocycles. The van der Waals surface area contributed by atoms with Crippen LogP contribution in [0.1, 0.15) is 142 Å². The Hall–Kier alpha value is -1.59. The monoisotopic (exact) mass is 668 g/mol. The number of nitrogens with one attached hydrogen (secondary N) is 1. The molecule has 274 valence electrons. The van der Waals surface area contributed by atoms with Gasteiger partial charge in [-0.2, -0.15) is 0 Å². The van der Waals surface area contributed by atoms with Crippen LogP contribution >= 0.6 is 0 Å². The van der Waals surface area contributed by atoms with Crippen molar-refractivity contribution in [1.29, 1.82) is 0 Å². The summed E-state index contributed by atoms with van der Waals surface area (Å²) in [5, 5.41) is 53.8. The lowest BCUT2D eigenvalue weighted by molar-refractivity contribution is -0.302. The number of aliphatic hydroxyl groups excluding tert-OH is 5. The van der Waals surface area contributed by atoms with Gasteiger partial charge in [-0.15, -0.1) is 0 Å². The van der Waals surface area contributed by atoms with Gasteiger partial charge >= 0.3 is 0 Å². The third kappa shape index (κ3) is 21.2. The molecular weight excluding hydrogens is 598 g/mol. The van der Waals surface area contributed by atoms with Gasteiger partial charge in [-0.3, -0.25) is 4.79 Å². The first-order chi connectivity index (χ1) is 22.8. The van der Waals surface area contributed by atoms with Gasteiger partial charge in [0.15, 0.2) is 6.29 Å². The normalized spacial score (nSPS) is 23.3. The van der Waals surface area contributed by atoms with E-state index < -0.39 is 49.5 Å². The molecule has 1 fully saturated rings. The first kappa shape index (κ1) is 43.4. The van der Waals surface area contributed by atoms with Gasteiger partial charge in [0.2, 0.25) is 5.91 Å². The summed E-state index contributed by atoms with van der Waals surface area (Å²) in [5.41, 5.74) is 0. The molecule has 1 rings (SSSR count). The number of amides is 1. The number of aliphatic hydroxyl groups is 5. The summed E-state index contributed by atoms with van der Waals surface area (Å²) in [6.45, 7) is 3.66. The fourth-order valence-electron chi connectivity index (χ4n) is 5.56. The van der Waals surface area contributed by atoms with Gasteiger partial charge in [0.25, 0.3) is 0 Å². The summed E-state index contributed by atoms with van der Waals surface area (Å²) in [7, 11) is 0. The highest BCUT2D eigenvalue weighted by Gasteiger charge is 2.44. The van der Waals surface area contributed by atoms with Gasteiger partial charge in [0.05, 0.1) is 25.4 Å². The summed E-state index contributed by atoms with van der Waals surface area (Å²) in [4.78, 5) is 12.8. The van der Waals surface area contributed by atoms with Crippen LogP contribution in [0.5, 0.6) is 0 Å². The zero-order chi connectivity index (χ0) is 34.5. The van der Waals surface area contributed by atoms with Crippen LogP contribution in [0, 0.1) is 0 Å². The molecule has 1 aliphatic heterocycles. The average Bonchev–Trinajstić information content (AvgIpc) is 3.07. The molecule has 1 heterocycles. The van der Waals surface area contributed by atoms with E-state index in [2.05, 4.69) is 43.5 Å². The Labute approximate surface area is 285 Å². The molecule has 0 aromatic carbocycles. The molecule has 1 saturated heterocycles. The molecule has 1 aliphatic rings. The van der Waals surface area contributed by atoms with Crippen LogP contribution in [0.2, 0.25) is 0 Å². The van der Waals surface area contributed by atoms with Crippen LogP contribution < -0.4 is 5.32 Å². The van der Waals surface area contributed by atoms with Gasteiger partial charge in [-0.25, -0.2) is 0 Å². The zero-order valence-corrected chi connectivity index (χ0v) is 29.5. The van der Waals surface area contributed by atoms with Crippen molar-refractivity contribution in [1.82, 2.24) is 5.32 Å². The van der Waals surface area contributed by atoms with Crippen molar-refractivity contribution < 1.29 is 39.8 Å². The molecule has 6 N–H and O–H groups in total. The molecule has 47 heavy (non-hydrogen) atoms. The largest absolute Gasteiger partial charge is 0.394 e.